The molecule has 9 heteroatoms. The van der Waals surface area contributed by atoms with Crippen molar-refractivity contribution in [1.29, 1.82) is 5.26 Å². The molecule has 0 saturated carbocycles. The summed E-state index contributed by atoms with van der Waals surface area (Å²) >= 11 is 0. The van der Waals surface area contributed by atoms with Crippen molar-refractivity contribution >= 4 is 17.0 Å². The average Bonchev–Trinajstić information content (AvgIpc) is 3.25. The Morgan fingerprint density at radius 3 is 2.46 bits per heavy atom. The number of para-hydroxylation sites is 2. The van der Waals surface area contributed by atoms with Gasteiger partial charge in [0.1, 0.15) is 34.4 Å². The molecule has 2 aromatic carbocycles. The minimum absolute atomic E-state index is 0.125. The standard InChI is InChI=1S/C30H34N6O3/c1-20-27-21(2)36(34-28(27)23(16-18-31)33-32-20)24-14-10-11-15-26(24)38-25(22-12-8-7-9-13-22)17-19-35(6)29(37)39-30(3,4)5/h7-15,25H,16-17,19H2,1-6H3. The fourth-order valence-corrected chi connectivity index (χ4v) is 4.39. The highest BCUT2D eigenvalue weighted by Gasteiger charge is 2.23. The van der Waals surface area contributed by atoms with Crippen molar-refractivity contribution in [3.63, 3.8) is 0 Å². The predicted octanol–water partition coefficient (Wildman–Crippen LogP) is 5.88. The van der Waals surface area contributed by atoms with E-state index in [2.05, 4.69) is 16.3 Å². The van der Waals surface area contributed by atoms with Gasteiger partial charge in [-0.05, 0) is 52.3 Å². The summed E-state index contributed by atoms with van der Waals surface area (Å²) in [5.41, 5.74) is 4.03. The first-order valence-electron chi connectivity index (χ1n) is 12.9. The zero-order valence-electron chi connectivity index (χ0n) is 23.3. The molecule has 2 heterocycles. The first-order chi connectivity index (χ1) is 18.6. The molecular weight excluding hydrogens is 492 g/mol. The summed E-state index contributed by atoms with van der Waals surface area (Å²) in [5, 5.41) is 23.5. The van der Waals surface area contributed by atoms with Crippen LogP contribution in [0.4, 0.5) is 4.79 Å². The lowest BCUT2D eigenvalue weighted by atomic mass is 10.1. The quantitative estimate of drug-likeness (QED) is 0.282. The van der Waals surface area contributed by atoms with Crippen LogP contribution < -0.4 is 4.74 Å². The van der Waals surface area contributed by atoms with Crippen LogP contribution in [0, 0.1) is 25.2 Å². The van der Waals surface area contributed by atoms with Crippen LogP contribution >= 0.6 is 0 Å². The van der Waals surface area contributed by atoms with Crippen LogP contribution in [0.25, 0.3) is 16.6 Å². The lowest BCUT2D eigenvalue weighted by Gasteiger charge is -2.27. The Hall–Kier alpha value is -4.45. The molecule has 0 aliphatic carbocycles. The molecule has 0 spiro atoms. The first kappa shape index (κ1) is 27.6. The van der Waals surface area contributed by atoms with Crippen LogP contribution in [0.15, 0.2) is 54.6 Å². The van der Waals surface area contributed by atoms with Crippen molar-refractivity contribution in [2.24, 2.45) is 0 Å². The van der Waals surface area contributed by atoms with Gasteiger partial charge in [0.25, 0.3) is 0 Å². The van der Waals surface area contributed by atoms with E-state index in [1.54, 1.807) is 11.9 Å². The number of hydrogen-bond acceptors (Lipinski definition) is 7. The molecule has 0 aliphatic heterocycles. The Labute approximate surface area is 229 Å². The molecular formula is C30H34N6O3. The highest BCUT2D eigenvalue weighted by Crippen LogP contribution is 2.33. The van der Waals surface area contributed by atoms with Crippen LogP contribution in [0.1, 0.15) is 55.9 Å². The van der Waals surface area contributed by atoms with E-state index in [4.69, 9.17) is 14.6 Å². The fraction of sp³-hybridized carbons (Fsp3) is 0.367. The maximum Gasteiger partial charge on any atom is 0.410 e. The Morgan fingerprint density at radius 1 is 1.08 bits per heavy atom. The number of aromatic nitrogens is 4. The minimum Gasteiger partial charge on any atom is -0.483 e. The Bertz CT molecular complexity index is 1500. The first-order valence-corrected chi connectivity index (χ1v) is 12.9. The smallest absolute Gasteiger partial charge is 0.410 e. The van der Waals surface area contributed by atoms with Crippen molar-refractivity contribution in [3.05, 3.63) is 77.2 Å². The van der Waals surface area contributed by atoms with Crippen LogP contribution in [0.2, 0.25) is 0 Å². The maximum absolute atomic E-state index is 12.6. The summed E-state index contributed by atoms with van der Waals surface area (Å²) in [6.07, 6.45) is -0.0337. The molecule has 0 fully saturated rings. The molecule has 0 radical (unpaired) electrons. The molecule has 202 valence electrons. The van der Waals surface area contributed by atoms with Gasteiger partial charge in [0.05, 0.1) is 23.9 Å². The number of benzene rings is 2. The van der Waals surface area contributed by atoms with E-state index in [1.807, 2.05) is 93.9 Å². The topological polar surface area (TPSA) is 106 Å². The van der Waals surface area contributed by atoms with Gasteiger partial charge in [0.15, 0.2) is 0 Å². The van der Waals surface area contributed by atoms with Gasteiger partial charge < -0.3 is 14.4 Å². The molecule has 2 aromatic heterocycles. The van der Waals surface area contributed by atoms with Crippen molar-refractivity contribution in [2.75, 3.05) is 13.6 Å². The average molecular weight is 527 g/mol. The van der Waals surface area contributed by atoms with Gasteiger partial charge in [-0.3, -0.25) is 0 Å². The van der Waals surface area contributed by atoms with Gasteiger partial charge >= 0.3 is 6.09 Å². The monoisotopic (exact) mass is 526 g/mol. The lowest BCUT2D eigenvalue weighted by Crippen LogP contribution is -2.35. The summed E-state index contributed by atoms with van der Waals surface area (Å²) in [6.45, 7) is 9.85. The number of nitriles is 1. The number of aryl methyl sites for hydroxylation is 2. The second-order valence-electron chi connectivity index (χ2n) is 10.5. The number of carbonyl (C=O) groups excluding carboxylic acids is 1. The van der Waals surface area contributed by atoms with Gasteiger partial charge in [-0.1, -0.05) is 42.5 Å². The van der Waals surface area contributed by atoms with E-state index in [0.717, 1.165) is 28.0 Å². The molecule has 9 nitrogen and oxygen atoms in total. The molecule has 0 bridgehead atoms. The van der Waals surface area contributed by atoms with Crippen molar-refractivity contribution < 1.29 is 14.3 Å². The van der Waals surface area contributed by atoms with E-state index >= 15 is 0 Å². The van der Waals surface area contributed by atoms with E-state index < -0.39 is 5.60 Å². The van der Waals surface area contributed by atoms with Crippen molar-refractivity contribution in [1.82, 2.24) is 24.9 Å². The second kappa shape index (κ2) is 11.5. The van der Waals surface area contributed by atoms with Crippen LogP contribution in [-0.4, -0.2) is 50.2 Å². The molecule has 1 unspecified atom stereocenters. The number of hydrogen-bond donors (Lipinski definition) is 0. The summed E-state index contributed by atoms with van der Waals surface area (Å²) in [7, 11) is 1.73. The molecule has 4 aromatic rings. The molecule has 1 amide bonds. The van der Waals surface area contributed by atoms with Gasteiger partial charge in [-0.2, -0.15) is 20.6 Å². The maximum atomic E-state index is 12.6. The molecule has 4 rings (SSSR count). The van der Waals surface area contributed by atoms with Gasteiger partial charge in [-0.25, -0.2) is 9.48 Å². The Kier molecular flexibility index (Phi) is 8.15. The molecule has 0 saturated heterocycles. The molecule has 1 atom stereocenters. The largest absolute Gasteiger partial charge is 0.483 e. The fourth-order valence-electron chi connectivity index (χ4n) is 4.39. The normalized spacial score (nSPS) is 12.1. The van der Waals surface area contributed by atoms with Crippen LogP contribution in [0.5, 0.6) is 5.75 Å². The summed E-state index contributed by atoms with van der Waals surface area (Å²) in [6, 6.07) is 19.8. The highest BCUT2D eigenvalue weighted by atomic mass is 16.6. The zero-order chi connectivity index (χ0) is 28.2. The molecule has 0 aliphatic rings. The number of carbonyl (C=O) groups is 1. The van der Waals surface area contributed by atoms with Crippen molar-refractivity contribution in [3.8, 4) is 17.5 Å². The Balaban J connectivity index is 1.68. The SMILES string of the molecule is Cc1nnc(CC#N)c2nn(-c3ccccc3OC(CCN(C)C(=O)OC(C)(C)C)c3ccccc3)c(C)c12. The zero-order valence-corrected chi connectivity index (χ0v) is 23.3. The van der Waals surface area contributed by atoms with Gasteiger partial charge in [-0.15, -0.1) is 0 Å². The number of rotatable bonds is 8. The van der Waals surface area contributed by atoms with E-state index in [0.29, 0.717) is 29.9 Å². The summed E-state index contributed by atoms with van der Waals surface area (Å²) in [5.74, 6) is 0.641. The minimum atomic E-state index is -0.568. The van der Waals surface area contributed by atoms with E-state index in [1.165, 1.54) is 0 Å². The van der Waals surface area contributed by atoms with Crippen LogP contribution in [-0.2, 0) is 11.2 Å². The van der Waals surface area contributed by atoms with Crippen LogP contribution in [0.3, 0.4) is 0 Å². The third kappa shape index (κ3) is 6.34. The number of nitrogens with zero attached hydrogens (tertiary/aromatic N) is 6. The van der Waals surface area contributed by atoms with Crippen molar-refractivity contribution in [2.45, 2.75) is 59.2 Å². The van der Waals surface area contributed by atoms with E-state index in [9.17, 15) is 10.1 Å². The van der Waals surface area contributed by atoms with E-state index in [-0.39, 0.29) is 18.6 Å². The molecule has 0 N–H and O–H groups in total. The Morgan fingerprint density at radius 2 is 1.77 bits per heavy atom. The summed E-state index contributed by atoms with van der Waals surface area (Å²) < 4.78 is 14.0. The van der Waals surface area contributed by atoms with Gasteiger partial charge in [0, 0.05) is 25.4 Å². The highest BCUT2D eigenvalue weighted by molar-refractivity contribution is 5.86. The predicted molar refractivity (Wildman–Crippen MR) is 149 cm³/mol. The number of fused-ring (bicyclic) bond motifs is 1. The summed E-state index contributed by atoms with van der Waals surface area (Å²) in [4.78, 5) is 14.1. The molecule has 39 heavy (non-hydrogen) atoms. The third-order valence-corrected chi connectivity index (χ3v) is 6.28. The third-order valence-electron chi connectivity index (χ3n) is 6.28. The second-order valence-corrected chi connectivity index (χ2v) is 10.5. The number of amides is 1. The van der Waals surface area contributed by atoms with Gasteiger partial charge in [0.2, 0.25) is 0 Å². The lowest BCUT2D eigenvalue weighted by molar-refractivity contribution is 0.0278. The number of ether oxygens (including phenoxy) is 2.